The molecule has 2 heterocycles. The summed E-state index contributed by atoms with van der Waals surface area (Å²) in [6.07, 6.45) is 1.41. The van der Waals surface area contributed by atoms with Crippen molar-refractivity contribution in [3.05, 3.63) is 17.3 Å². The summed E-state index contributed by atoms with van der Waals surface area (Å²) in [6.45, 7) is 1.78. The zero-order chi connectivity index (χ0) is 15.4. The number of ether oxygens (including phenoxy) is 2. The fourth-order valence-corrected chi connectivity index (χ4v) is 2.70. The predicted octanol–water partition coefficient (Wildman–Crippen LogP) is 1.15. The van der Waals surface area contributed by atoms with E-state index in [9.17, 15) is 9.59 Å². The Morgan fingerprint density at radius 1 is 1.19 bits per heavy atom. The van der Waals surface area contributed by atoms with Gasteiger partial charge in [0.1, 0.15) is 30.1 Å². The number of carbonyl (C=O) groups excluding carboxylic acids is 2. The van der Waals surface area contributed by atoms with Crippen LogP contribution < -0.4 is 4.90 Å². The molecule has 0 aromatic carbocycles. The zero-order valence-corrected chi connectivity index (χ0v) is 12.8. The molecular formula is C13H15N3O4S. The van der Waals surface area contributed by atoms with Gasteiger partial charge in [-0.3, -0.25) is 9.59 Å². The highest BCUT2D eigenvalue weighted by atomic mass is 32.1. The van der Waals surface area contributed by atoms with Crippen LogP contribution in [0.2, 0.25) is 0 Å². The van der Waals surface area contributed by atoms with Crippen LogP contribution in [0.5, 0.6) is 0 Å². The molecule has 112 valence electrons. The second-order valence-corrected chi connectivity index (χ2v) is 5.52. The minimum Gasteiger partial charge on any atom is -0.468 e. The standard InChI is InChI=1S/C13H15N3O4S/c1-8-4-9-12(14-7-15-13(9)21-8)16(5-10(17)19-2)6-11(18)20-3/h4,7H,5-6H2,1-3H3. The van der Waals surface area contributed by atoms with Crippen LogP contribution in [0.15, 0.2) is 12.4 Å². The quantitative estimate of drug-likeness (QED) is 0.766. The molecule has 8 heteroatoms. The number of carbonyl (C=O) groups is 2. The molecule has 0 saturated heterocycles. The zero-order valence-electron chi connectivity index (χ0n) is 12.0. The molecule has 0 spiro atoms. The lowest BCUT2D eigenvalue weighted by Crippen LogP contribution is -2.36. The van der Waals surface area contributed by atoms with E-state index < -0.39 is 11.9 Å². The smallest absolute Gasteiger partial charge is 0.325 e. The van der Waals surface area contributed by atoms with Crippen LogP contribution >= 0.6 is 11.3 Å². The third kappa shape index (κ3) is 3.46. The van der Waals surface area contributed by atoms with Gasteiger partial charge >= 0.3 is 11.9 Å². The summed E-state index contributed by atoms with van der Waals surface area (Å²) in [6, 6.07) is 1.93. The molecule has 2 aromatic rings. The van der Waals surface area contributed by atoms with Gasteiger partial charge in [0, 0.05) is 4.88 Å². The Morgan fingerprint density at radius 3 is 2.38 bits per heavy atom. The molecule has 0 aliphatic rings. The molecule has 0 N–H and O–H groups in total. The van der Waals surface area contributed by atoms with Crippen molar-refractivity contribution in [2.24, 2.45) is 0 Å². The molecule has 0 unspecified atom stereocenters. The summed E-state index contributed by atoms with van der Waals surface area (Å²) < 4.78 is 9.32. The van der Waals surface area contributed by atoms with E-state index in [4.69, 9.17) is 0 Å². The number of fused-ring (bicyclic) bond motifs is 1. The maximum atomic E-state index is 11.5. The molecule has 21 heavy (non-hydrogen) atoms. The SMILES string of the molecule is COC(=O)CN(CC(=O)OC)c1ncnc2sc(C)cc12. The molecule has 0 bridgehead atoms. The van der Waals surface area contributed by atoms with Gasteiger partial charge in [0.15, 0.2) is 0 Å². The minimum absolute atomic E-state index is 0.0907. The number of aryl methyl sites for hydroxylation is 1. The lowest BCUT2D eigenvalue weighted by atomic mass is 10.3. The van der Waals surface area contributed by atoms with Crippen LogP contribution in [-0.4, -0.2) is 49.2 Å². The fourth-order valence-electron chi connectivity index (χ4n) is 1.86. The van der Waals surface area contributed by atoms with Gasteiger partial charge in [-0.1, -0.05) is 0 Å². The average molecular weight is 309 g/mol. The van der Waals surface area contributed by atoms with Gasteiger partial charge in [0.2, 0.25) is 0 Å². The largest absolute Gasteiger partial charge is 0.468 e. The number of thiophene rings is 1. The van der Waals surface area contributed by atoms with Crippen molar-refractivity contribution in [3.8, 4) is 0 Å². The Labute approximate surface area is 125 Å². The number of hydrogen-bond donors (Lipinski definition) is 0. The lowest BCUT2D eigenvalue weighted by molar-refractivity contribution is -0.140. The number of anilines is 1. The van der Waals surface area contributed by atoms with E-state index in [0.717, 1.165) is 15.1 Å². The van der Waals surface area contributed by atoms with Gasteiger partial charge in [-0.25, -0.2) is 9.97 Å². The molecule has 2 aromatic heterocycles. The third-order valence-electron chi connectivity index (χ3n) is 2.83. The van der Waals surface area contributed by atoms with Crippen LogP contribution in [0.1, 0.15) is 4.88 Å². The molecule has 2 rings (SSSR count). The minimum atomic E-state index is -0.461. The van der Waals surface area contributed by atoms with Gasteiger partial charge < -0.3 is 14.4 Å². The van der Waals surface area contributed by atoms with Crippen molar-refractivity contribution in [1.82, 2.24) is 9.97 Å². The fraction of sp³-hybridized carbons (Fsp3) is 0.385. The maximum Gasteiger partial charge on any atom is 0.325 e. The van der Waals surface area contributed by atoms with Crippen molar-refractivity contribution < 1.29 is 19.1 Å². The van der Waals surface area contributed by atoms with Crippen LogP contribution in [0.25, 0.3) is 10.2 Å². The van der Waals surface area contributed by atoms with Gasteiger partial charge in [-0.15, -0.1) is 11.3 Å². The molecule has 0 amide bonds. The van der Waals surface area contributed by atoms with Crippen molar-refractivity contribution in [3.63, 3.8) is 0 Å². The first-order valence-corrected chi connectivity index (χ1v) is 6.96. The monoisotopic (exact) mass is 309 g/mol. The molecular weight excluding hydrogens is 294 g/mol. The molecule has 0 saturated carbocycles. The Bertz CT molecular complexity index is 652. The highest BCUT2D eigenvalue weighted by Gasteiger charge is 2.20. The van der Waals surface area contributed by atoms with E-state index in [1.807, 2.05) is 13.0 Å². The average Bonchev–Trinajstić information content (AvgIpc) is 2.86. The van der Waals surface area contributed by atoms with E-state index in [0.29, 0.717) is 5.82 Å². The normalized spacial score (nSPS) is 10.4. The molecule has 7 nitrogen and oxygen atoms in total. The first kappa shape index (κ1) is 15.2. The number of nitrogens with zero attached hydrogens (tertiary/aromatic N) is 3. The van der Waals surface area contributed by atoms with Crippen LogP contribution in [0.4, 0.5) is 5.82 Å². The van der Waals surface area contributed by atoms with E-state index in [-0.39, 0.29) is 13.1 Å². The first-order chi connectivity index (χ1) is 10.0. The van der Waals surface area contributed by atoms with Crippen molar-refractivity contribution in [2.45, 2.75) is 6.92 Å². The topological polar surface area (TPSA) is 81.6 Å². The first-order valence-electron chi connectivity index (χ1n) is 6.15. The second-order valence-electron chi connectivity index (χ2n) is 4.28. The van der Waals surface area contributed by atoms with Gasteiger partial charge in [0.05, 0.1) is 19.6 Å². The summed E-state index contributed by atoms with van der Waals surface area (Å²) in [7, 11) is 2.59. The van der Waals surface area contributed by atoms with Crippen molar-refractivity contribution in [1.29, 1.82) is 0 Å². The molecule has 0 fully saturated rings. The summed E-state index contributed by atoms with van der Waals surface area (Å²) in [5.41, 5.74) is 0. The van der Waals surface area contributed by atoms with E-state index in [1.165, 1.54) is 36.8 Å². The summed E-state index contributed by atoms with van der Waals surface area (Å²) in [4.78, 5) is 34.9. The highest BCUT2D eigenvalue weighted by molar-refractivity contribution is 7.18. The second kappa shape index (κ2) is 6.49. The number of methoxy groups -OCH3 is 2. The number of rotatable bonds is 5. The van der Waals surface area contributed by atoms with E-state index >= 15 is 0 Å². The van der Waals surface area contributed by atoms with Gasteiger partial charge in [-0.2, -0.15) is 0 Å². The number of hydrogen-bond acceptors (Lipinski definition) is 8. The summed E-state index contributed by atoms with van der Waals surface area (Å²) in [5, 5.41) is 0.799. The predicted molar refractivity (Wildman–Crippen MR) is 78.4 cm³/mol. The Morgan fingerprint density at radius 2 is 1.81 bits per heavy atom. The highest BCUT2D eigenvalue weighted by Crippen LogP contribution is 2.29. The van der Waals surface area contributed by atoms with Crippen LogP contribution in [0.3, 0.4) is 0 Å². The summed E-state index contributed by atoms with van der Waals surface area (Å²) >= 11 is 1.52. The van der Waals surface area contributed by atoms with E-state index in [1.54, 1.807) is 0 Å². The Balaban J connectivity index is 2.41. The van der Waals surface area contributed by atoms with Crippen molar-refractivity contribution in [2.75, 3.05) is 32.2 Å². The molecule has 0 aliphatic heterocycles. The molecule has 0 radical (unpaired) electrons. The van der Waals surface area contributed by atoms with Crippen LogP contribution in [-0.2, 0) is 19.1 Å². The van der Waals surface area contributed by atoms with E-state index in [2.05, 4.69) is 19.4 Å². The Hall–Kier alpha value is -2.22. The van der Waals surface area contributed by atoms with Crippen LogP contribution in [0, 0.1) is 6.92 Å². The Kier molecular flexibility index (Phi) is 4.69. The van der Waals surface area contributed by atoms with Crippen molar-refractivity contribution >= 4 is 39.3 Å². The molecule has 0 aliphatic carbocycles. The lowest BCUT2D eigenvalue weighted by Gasteiger charge is -2.21. The molecule has 0 atom stereocenters. The number of aromatic nitrogens is 2. The van der Waals surface area contributed by atoms with Gasteiger partial charge in [-0.05, 0) is 13.0 Å². The maximum absolute atomic E-state index is 11.5. The third-order valence-corrected chi connectivity index (χ3v) is 3.78. The summed E-state index contributed by atoms with van der Waals surface area (Å²) in [5.74, 6) is -0.407. The van der Waals surface area contributed by atoms with Gasteiger partial charge in [0.25, 0.3) is 0 Å². The number of esters is 2.